The van der Waals surface area contributed by atoms with Crippen LogP contribution in [0.1, 0.15) is 34.9 Å². The van der Waals surface area contributed by atoms with Crippen LogP contribution in [0.2, 0.25) is 0 Å². The van der Waals surface area contributed by atoms with E-state index >= 15 is 0 Å². The zero-order valence-corrected chi connectivity index (χ0v) is 18.2. The van der Waals surface area contributed by atoms with E-state index in [4.69, 9.17) is 12.6 Å². The molecule has 9 heteroatoms. The SMILES string of the molecule is O=C1CCC(N2Cc3ccc(CN4CCN(c5cccnn5)CC4)cc3C2S)C(=O)N1. The number of hydrogen-bond donors (Lipinski definition) is 2. The number of rotatable bonds is 4. The molecule has 2 unspecified atom stereocenters. The van der Waals surface area contributed by atoms with Gasteiger partial charge in [0.25, 0.3) is 0 Å². The molecular formula is C22H26N6O2S. The quantitative estimate of drug-likeness (QED) is 0.551. The van der Waals surface area contributed by atoms with Gasteiger partial charge in [0.1, 0.15) is 0 Å². The molecule has 5 rings (SSSR count). The van der Waals surface area contributed by atoms with Crippen LogP contribution in [-0.2, 0) is 22.7 Å². The van der Waals surface area contributed by atoms with E-state index in [1.807, 2.05) is 12.1 Å². The molecule has 2 amide bonds. The third kappa shape index (κ3) is 4.17. The summed E-state index contributed by atoms with van der Waals surface area (Å²) < 4.78 is 0. The lowest BCUT2D eigenvalue weighted by atomic mass is 10.0. The van der Waals surface area contributed by atoms with E-state index in [-0.39, 0.29) is 23.2 Å². The zero-order chi connectivity index (χ0) is 21.4. The van der Waals surface area contributed by atoms with Gasteiger partial charge >= 0.3 is 0 Å². The van der Waals surface area contributed by atoms with Gasteiger partial charge in [-0.05, 0) is 35.2 Å². The number of nitrogens with one attached hydrogen (secondary N) is 1. The van der Waals surface area contributed by atoms with E-state index in [9.17, 15) is 9.59 Å². The maximum Gasteiger partial charge on any atom is 0.243 e. The van der Waals surface area contributed by atoms with E-state index in [0.29, 0.717) is 19.4 Å². The van der Waals surface area contributed by atoms with Gasteiger partial charge < -0.3 is 4.90 Å². The highest BCUT2D eigenvalue weighted by Gasteiger charge is 2.39. The fraction of sp³-hybridized carbons (Fsp3) is 0.455. The molecule has 0 radical (unpaired) electrons. The van der Waals surface area contributed by atoms with Crippen molar-refractivity contribution in [1.29, 1.82) is 0 Å². The summed E-state index contributed by atoms with van der Waals surface area (Å²) in [5.74, 6) is 0.547. The minimum absolute atomic E-state index is 0.132. The van der Waals surface area contributed by atoms with Crippen molar-refractivity contribution in [2.24, 2.45) is 0 Å². The molecule has 162 valence electrons. The van der Waals surface area contributed by atoms with Crippen molar-refractivity contribution < 1.29 is 9.59 Å². The lowest BCUT2D eigenvalue weighted by Gasteiger charge is -2.35. The summed E-state index contributed by atoms with van der Waals surface area (Å²) in [5, 5.41) is 10.5. The third-order valence-electron chi connectivity index (χ3n) is 6.43. The number of benzene rings is 1. The number of nitrogens with zero attached hydrogens (tertiary/aromatic N) is 5. The minimum Gasteiger partial charge on any atom is -0.353 e. The summed E-state index contributed by atoms with van der Waals surface area (Å²) in [6.45, 7) is 5.39. The van der Waals surface area contributed by atoms with Gasteiger partial charge in [0.15, 0.2) is 5.82 Å². The highest BCUT2D eigenvalue weighted by atomic mass is 32.1. The Morgan fingerprint density at radius 2 is 1.97 bits per heavy atom. The molecule has 1 N–H and O–H groups in total. The molecule has 3 aliphatic rings. The number of amides is 2. The number of thiol groups is 1. The summed E-state index contributed by atoms with van der Waals surface area (Å²) in [6, 6.07) is 10.2. The van der Waals surface area contributed by atoms with Crippen LogP contribution >= 0.6 is 12.6 Å². The van der Waals surface area contributed by atoms with Gasteiger partial charge in [0.2, 0.25) is 11.8 Å². The molecule has 1 aromatic heterocycles. The Hall–Kier alpha value is -2.49. The lowest BCUT2D eigenvalue weighted by Crippen LogP contribution is -2.51. The van der Waals surface area contributed by atoms with Crippen LogP contribution in [0, 0.1) is 0 Å². The maximum absolute atomic E-state index is 12.3. The van der Waals surface area contributed by atoms with Crippen LogP contribution in [0.4, 0.5) is 5.82 Å². The Morgan fingerprint density at radius 1 is 1.13 bits per heavy atom. The minimum atomic E-state index is -0.301. The van der Waals surface area contributed by atoms with Crippen molar-refractivity contribution in [3.8, 4) is 0 Å². The Kier molecular flexibility index (Phi) is 5.64. The van der Waals surface area contributed by atoms with Crippen LogP contribution in [0.3, 0.4) is 0 Å². The van der Waals surface area contributed by atoms with Crippen LogP contribution in [0.15, 0.2) is 36.5 Å². The molecule has 3 aliphatic heterocycles. The fourth-order valence-electron chi connectivity index (χ4n) is 4.72. The van der Waals surface area contributed by atoms with Crippen molar-refractivity contribution in [1.82, 2.24) is 25.3 Å². The summed E-state index contributed by atoms with van der Waals surface area (Å²) in [4.78, 5) is 30.6. The van der Waals surface area contributed by atoms with Gasteiger partial charge in [-0.2, -0.15) is 17.7 Å². The first-order valence-electron chi connectivity index (χ1n) is 10.7. The van der Waals surface area contributed by atoms with Crippen molar-refractivity contribution in [2.75, 3.05) is 31.1 Å². The molecule has 31 heavy (non-hydrogen) atoms. The average molecular weight is 439 g/mol. The van der Waals surface area contributed by atoms with Gasteiger partial charge in [0, 0.05) is 51.9 Å². The van der Waals surface area contributed by atoms with Gasteiger partial charge in [-0.3, -0.25) is 24.7 Å². The second-order valence-electron chi connectivity index (χ2n) is 8.39. The predicted molar refractivity (Wildman–Crippen MR) is 119 cm³/mol. The normalized spacial score (nSPS) is 24.9. The number of aromatic nitrogens is 2. The summed E-state index contributed by atoms with van der Waals surface area (Å²) in [5.41, 5.74) is 3.64. The molecule has 0 bridgehead atoms. The van der Waals surface area contributed by atoms with E-state index in [1.54, 1.807) is 6.20 Å². The van der Waals surface area contributed by atoms with Crippen molar-refractivity contribution in [3.05, 3.63) is 53.2 Å². The first-order valence-corrected chi connectivity index (χ1v) is 11.2. The molecule has 2 aromatic rings. The molecule has 2 atom stereocenters. The van der Waals surface area contributed by atoms with Gasteiger partial charge in [0.05, 0.1) is 11.4 Å². The van der Waals surface area contributed by atoms with Gasteiger partial charge in [-0.15, -0.1) is 5.10 Å². The smallest absolute Gasteiger partial charge is 0.243 e. The number of fused-ring (bicyclic) bond motifs is 1. The average Bonchev–Trinajstić information content (AvgIpc) is 3.11. The number of carbonyl (C=O) groups is 2. The Morgan fingerprint density at radius 3 is 2.71 bits per heavy atom. The molecule has 2 saturated heterocycles. The van der Waals surface area contributed by atoms with Gasteiger partial charge in [-0.25, -0.2) is 0 Å². The van der Waals surface area contributed by atoms with Crippen molar-refractivity contribution in [3.63, 3.8) is 0 Å². The van der Waals surface area contributed by atoms with Crippen LogP contribution in [0.5, 0.6) is 0 Å². The lowest BCUT2D eigenvalue weighted by molar-refractivity contribution is -0.137. The number of piperazine rings is 1. The predicted octanol–water partition coefficient (Wildman–Crippen LogP) is 1.35. The molecule has 4 heterocycles. The first kappa shape index (κ1) is 20.4. The Labute approximate surface area is 187 Å². The standard InChI is InChI=1S/C22H26N6O2S/c29-20-6-5-18(21(30)24-20)28-14-16-4-3-15(12-17(16)22(28)31)13-26-8-10-27(11-9-26)19-2-1-7-23-25-19/h1-4,7,12,18,22,31H,5-6,8-11,13-14H2,(H,24,29,30). The van der Waals surface area contributed by atoms with E-state index < -0.39 is 0 Å². The maximum atomic E-state index is 12.3. The van der Waals surface area contributed by atoms with Gasteiger partial charge in [-0.1, -0.05) is 18.2 Å². The zero-order valence-electron chi connectivity index (χ0n) is 17.3. The Bertz CT molecular complexity index is 979. The third-order valence-corrected chi connectivity index (χ3v) is 7.00. The topological polar surface area (TPSA) is 81.7 Å². The number of hydrogen-bond acceptors (Lipinski definition) is 8. The molecule has 2 fully saturated rings. The fourth-order valence-corrected chi connectivity index (χ4v) is 5.21. The van der Waals surface area contributed by atoms with Crippen molar-refractivity contribution >= 4 is 30.3 Å². The largest absolute Gasteiger partial charge is 0.353 e. The van der Waals surface area contributed by atoms with Crippen LogP contribution in [-0.4, -0.2) is 64.0 Å². The molecule has 0 spiro atoms. The summed E-state index contributed by atoms with van der Waals surface area (Å²) in [6.07, 6.45) is 2.64. The monoisotopic (exact) mass is 438 g/mol. The molecule has 0 saturated carbocycles. The number of anilines is 1. The summed E-state index contributed by atoms with van der Waals surface area (Å²) in [7, 11) is 0. The number of piperidine rings is 1. The Balaban J connectivity index is 1.22. The van der Waals surface area contributed by atoms with E-state index in [0.717, 1.165) is 38.5 Å². The summed E-state index contributed by atoms with van der Waals surface area (Å²) >= 11 is 4.83. The number of carbonyl (C=O) groups excluding carboxylic acids is 2. The van der Waals surface area contributed by atoms with Crippen molar-refractivity contribution in [2.45, 2.75) is 37.3 Å². The molecule has 1 aromatic carbocycles. The van der Waals surface area contributed by atoms with E-state index in [1.165, 1.54) is 16.7 Å². The molecular weight excluding hydrogens is 412 g/mol. The van der Waals surface area contributed by atoms with E-state index in [2.05, 4.69) is 48.4 Å². The highest BCUT2D eigenvalue weighted by molar-refractivity contribution is 7.80. The van der Waals surface area contributed by atoms with Crippen LogP contribution < -0.4 is 10.2 Å². The molecule has 8 nitrogen and oxygen atoms in total. The first-order chi connectivity index (χ1) is 15.1. The second kappa shape index (κ2) is 8.57. The highest BCUT2D eigenvalue weighted by Crippen LogP contribution is 2.39. The van der Waals surface area contributed by atoms with Crippen LogP contribution in [0.25, 0.3) is 0 Å². The second-order valence-corrected chi connectivity index (χ2v) is 8.88. The molecule has 0 aliphatic carbocycles. The number of imide groups is 1.